The molecule has 0 spiro atoms. The summed E-state index contributed by atoms with van der Waals surface area (Å²) in [4.78, 5) is 0. The van der Waals surface area contributed by atoms with E-state index in [1.54, 1.807) is 7.11 Å². The quantitative estimate of drug-likeness (QED) is 0.657. The third kappa shape index (κ3) is 2.25. The summed E-state index contributed by atoms with van der Waals surface area (Å²) in [5.41, 5.74) is 3.30. The van der Waals surface area contributed by atoms with Gasteiger partial charge in [-0.15, -0.1) is 6.58 Å². The van der Waals surface area contributed by atoms with Crippen molar-refractivity contribution < 1.29 is 4.74 Å². The summed E-state index contributed by atoms with van der Waals surface area (Å²) in [6.07, 6.45) is 2.75. The summed E-state index contributed by atoms with van der Waals surface area (Å²) in [6, 6.07) is 6.15. The van der Waals surface area contributed by atoms with Gasteiger partial charge in [0.25, 0.3) is 0 Å². The van der Waals surface area contributed by atoms with Crippen LogP contribution in [0.1, 0.15) is 18.1 Å². The minimum Gasteiger partial charge on any atom is -0.496 e. The second kappa shape index (κ2) is 4.66. The number of methoxy groups -OCH3 is 1. The van der Waals surface area contributed by atoms with Crippen LogP contribution in [0.15, 0.2) is 37.4 Å². The summed E-state index contributed by atoms with van der Waals surface area (Å²) in [5.74, 6) is 0.886. The van der Waals surface area contributed by atoms with E-state index in [1.807, 2.05) is 25.1 Å². The van der Waals surface area contributed by atoms with Crippen LogP contribution >= 0.6 is 0 Å². The van der Waals surface area contributed by atoms with Crippen LogP contribution in [0, 0.1) is 0 Å². The smallest absolute Gasteiger partial charge is 0.126 e. The highest BCUT2D eigenvalue weighted by atomic mass is 16.5. The maximum atomic E-state index is 5.30. The number of benzene rings is 1. The van der Waals surface area contributed by atoms with Gasteiger partial charge in [0.05, 0.1) is 7.11 Å². The molecule has 0 amide bonds. The minimum atomic E-state index is 0.868. The SMILES string of the molecule is C=CCc1ccc(C(=C)C)c(OC)c1. The summed E-state index contributed by atoms with van der Waals surface area (Å²) >= 11 is 0. The van der Waals surface area contributed by atoms with Crippen LogP contribution in [-0.2, 0) is 6.42 Å². The fourth-order valence-corrected chi connectivity index (χ4v) is 1.38. The molecule has 0 saturated heterocycles. The highest BCUT2D eigenvalue weighted by molar-refractivity contribution is 5.67. The Hall–Kier alpha value is -1.50. The van der Waals surface area contributed by atoms with Gasteiger partial charge in [-0.05, 0) is 30.5 Å². The Kier molecular flexibility index (Phi) is 3.52. The lowest BCUT2D eigenvalue weighted by molar-refractivity contribution is 0.413. The number of ether oxygens (including phenoxy) is 1. The maximum absolute atomic E-state index is 5.30. The molecule has 1 aromatic carbocycles. The summed E-state index contributed by atoms with van der Waals surface area (Å²) < 4.78 is 5.30. The second-order valence-corrected chi connectivity index (χ2v) is 3.31. The van der Waals surface area contributed by atoms with Crippen molar-refractivity contribution >= 4 is 5.57 Å². The van der Waals surface area contributed by atoms with E-state index in [2.05, 4.69) is 19.2 Å². The van der Waals surface area contributed by atoms with E-state index in [0.717, 1.165) is 23.3 Å². The fraction of sp³-hybridized carbons (Fsp3) is 0.231. The van der Waals surface area contributed by atoms with Crippen molar-refractivity contribution in [2.45, 2.75) is 13.3 Å². The van der Waals surface area contributed by atoms with Crippen molar-refractivity contribution in [2.24, 2.45) is 0 Å². The Labute approximate surface area is 85.7 Å². The van der Waals surface area contributed by atoms with Crippen molar-refractivity contribution in [3.63, 3.8) is 0 Å². The normalized spacial score (nSPS) is 9.57. The second-order valence-electron chi connectivity index (χ2n) is 3.31. The van der Waals surface area contributed by atoms with E-state index in [1.165, 1.54) is 5.56 Å². The molecule has 0 aromatic heterocycles. The van der Waals surface area contributed by atoms with Gasteiger partial charge in [-0.3, -0.25) is 0 Å². The molecule has 1 nitrogen and oxygen atoms in total. The average Bonchev–Trinajstić information content (AvgIpc) is 2.17. The van der Waals surface area contributed by atoms with Crippen molar-refractivity contribution in [3.05, 3.63) is 48.6 Å². The number of allylic oxidation sites excluding steroid dienone is 2. The van der Waals surface area contributed by atoms with E-state index in [0.29, 0.717) is 0 Å². The fourth-order valence-electron chi connectivity index (χ4n) is 1.38. The molecule has 0 unspecified atom stereocenters. The molecule has 0 aliphatic carbocycles. The molecule has 0 bridgehead atoms. The van der Waals surface area contributed by atoms with Gasteiger partial charge in [0.1, 0.15) is 5.75 Å². The van der Waals surface area contributed by atoms with Crippen molar-refractivity contribution in [2.75, 3.05) is 7.11 Å². The molecule has 0 atom stereocenters. The van der Waals surface area contributed by atoms with Gasteiger partial charge in [-0.1, -0.05) is 24.8 Å². The molecule has 0 saturated carbocycles. The van der Waals surface area contributed by atoms with E-state index < -0.39 is 0 Å². The highest BCUT2D eigenvalue weighted by Crippen LogP contribution is 2.26. The molecule has 0 heterocycles. The van der Waals surface area contributed by atoms with Crippen LogP contribution in [0.4, 0.5) is 0 Å². The first-order valence-corrected chi connectivity index (χ1v) is 4.62. The molecule has 14 heavy (non-hydrogen) atoms. The van der Waals surface area contributed by atoms with Crippen molar-refractivity contribution in [3.8, 4) is 5.75 Å². The van der Waals surface area contributed by atoms with E-state index in [9.17, 15) is 0 Å². The first-order valence-electron chi connectivity index (χ1n) is 4.62. The van der Waals surface area contributed by atoms with Crippen LogP contribution in [0.5, 0.6) is 5.75 Å². The van der Waals surface area contributed by atoms with E-state index in [4.69, 9.17) is 4.74 Å². The predicted molar refractivity (Wildman–Crippen MR) is 61.6 cm³/mol. The van der Waals surface area contributed by atoms with Gasteiger partial charge in [-0.25, -0.2) is 0 Å². The molecule has 0 fully saturated rings. The lowest BCUT2D eigenvalue weighted by Gasteiger charge is -2.09. The number of rotatable bonds is 4. The van der Waals surface area contributed by atoms with Gasteiger partial charge in [0.15, 0.2) is 0 Å². The minimum absolute atomic E-state index is 0.868. The average molecular weight is 188 g/mol. The molecule has 0 aliphatic rings. The molecule has 0 aliphatic heterocycles. The Morgan fingerprint density at radius 3 is 2.71 bits per heavy atom. The van der Waals surface area contributed by atoms with Crippen LogP contribution in [0.2, 0.25) is 0 Å². The standard InChI is InChI=1S/C13H16O/c1-5-6-11-7-8-12(10(2)3)13(9-11)14-4/h5,7-9H,1-2,6H2,3-4H3. The predicted octanol–water partition coefficient (Wildman–Crippen LogP) is 3.46. The zero-order chi connectivity index (χ0) is 10.6. The highest BCUT2D eigenvalue weighted by Gasteiger charge is 2.03. The number of hydrogen-bond donors (Lipinski definition) is 0. The summed E-state index contributed by atoms with van der Waals surface area (Å²) in [6.45, 7) is 9.60. The number of hydrogen-bond acceptors (Lipinski definition) is 1. The molecule has 1 aromatic rings. The van der Waals surface area contributed by atoms with Crippen LogP contribution in [0.25, 0.3) is 5.57 Å². The van der Waals surface area contributed by atoms with Crippen LogP contribution < -0.4 is 4.74 Å². The Morgan fingerprint density at radius 2 is 2.21 bits per heavy atom. The molecule has 74 valence electrons. The van der Waals surface area contributed by atoms with Crippen molar-refractivity contribution in [1.82, 2.24) is 0 Å². The van der Waals surface area contributed by atoms with Gasteiger partial charge in [-0.2, -0.15) is 0 Å². The summed E-state index contributed by atoms with van der Waals surface area (Å²) in [5, 5.41) is 0. The lowest BCUT2D eigenvalue weighted by Crippen LogP contribution is -1.91. The van der Waals surface area contributed by atoms with Crippen LogP contribution in [-0.4, -0.2) is 7.11 Å². The van der Waals surface area contributed by atoms with Crippen LogP contribution in [0.3, 0.4) is 0 Å². The van der Waals surface area contributed by atoms with E-state index in [-0.39, 0.29) is 0 Å². The lowest BCUT2D eigenvalue weighted by atomic mass is 10.0. The molecule has 0 N–H and O–H groups in total. The largest absolute Gasteiger partial charge is 0.496 e. The first kappa shape index (κ1) is 10.6. The molecule has 1 heteroatoms. The zero-order valence-electron chi connectivity index (χ0n) is 8.84. The zero-order valence-corrected chi connectivity index (χ0v) is 8.84. The molecule has 1 rings (SSSR count). The van der Waals surface area contributed by atoms with Gasteiger partial charge in [0, 0.05) is 5.56 Å². The topological polar surface area (TPSA) is 9.23 Å². The Bertz CT molecular complexity index is 350. The molecular weight excluding hydrogens is 172 g/mol. The Balaban J connectivity index is 3.10. The summed E-state index contributed by atoms with van der Waals surface area (Å²) in [7, 11) is 1.68. The van der Waals surface area contributed by atoms with E-state index >= 15 is 0 Å². The van der Waals surface area contributed by atoms with Gasteiger partial charge in [0.2, 0.25) is 0 Å². The third-order valence-corrected chi connectivity index (χ3v) is 2.11. The monoisotopic (exact) mass is 188 g/mol. The molecule has 0 radical (unpaired) electrons. The van der Waals surface area contributed by atoms with Gasteiger partial charge < -0.3 is 4.74 Å². The van der Waals surface area contributed by atoms with Crippen molar-refractivity contribution in [1.29, 1.82) is 0 Å². The third-order valence-electron chi connectivity index (χ3n) is 2.11. The first-order chi connectivity index (χ1) is 6.69. The Morgan fingerprint density at radius 1 is 1.50 bits per heavy atom. The van der Waals surface area contributed by atoms with Gasteiger partial charge >= 0.3 is 0 Å². The maximum Gasteiger partial charge on any atom is 0.126 e. The molecular formula is C13H16O.